The first-order chi connectivity index (χ1) is 13.0. The van der Waals surface area contributed by atoms with Gasteiger partial charge in [-0.3, -0.25) is 4.79 Å². The first kappa shape index (κ1) is 23.1. The number of amides is 1. The Labute approximate surface area is 174 Å². The van der Waals surface area contributed by atoms with Crippen LogP contribution >= 0.6 is 12.4 Å². The predicted molar refractivity (Wildman–Crippen MR) is 113 cm³/mol. The van der Waals surface area contributed by atoms with Gasteiger partial charge in [-0.15, -0.1) is 12.4 Å². The van der Waals surface area contributed by atoms with Crippen molar-refractivity contribution in [2.24, 2.45) is 5.92 Å². The molecule has 1 aromatic carbocycles. The van der Waals surface area contributed by atoms with Gasteiger partial charge in [0.15, 0.2) is 0 Å². The van der Waals surface area contributed by atoms with Crippen molar-refractivity contribution < 1.29 is 13.2 Å². The van der Waals surface area contributed by atoms with Crippen LogP contribution in [-0.2, 0) is 27.7 Å². The first-order valence-electron chi connectivity index (χ1n) is 10.1. The molecule has 158 valence electrons. The lowest BCUT2D eigenvalue weighted by Crippen LogP contribution is -2.44. The molecule has 6 nitrogen and oxygen atoms in total. The van der Waals surface area contributed by atoms with Crippen LogP contribution in [0.1, 0.15) is 43.7 Å². The minimum absolute atomic E-state index is 0. The van der Waals surface area contributed by atoms with E-state index in [0.717, 1.165) is 38.8 Å². The molecule has 0 aromatic heterocycles. The molecule has 0 spiro atoms. The van der Waals surface area contributed by atoms with E-state index in [4.69, 9.17) is 0 Å². The molecule has 1 aliphatic heterocycles. The molecule has 0 radical (unpaired) electrons. The molecular formula is C20H32ClN3O3S. The minimum atomic E-state index is -3.47. The van der Waals surface area contributed by atoms with Crippen molar-refractivity contribution in [3.8, 4) is 0 Å². The number of nitrogens with one attached hydrogen (secondary N) is 2. The van der Waals surface area contributed by atoms with Crippen molar-refractivity contribution >= 4 is 28.3 Å². The van der Waals surface area contributed by atoms with Gasteiger partial charge in [0.05, 0.1) is 4.90 Å². The Hall–Kier alpha value is -1.15. The van der Waals surface area contributed by atoms with Gasteiger partial charge in [-0.25, -0.2) is 8.42 Å². The van der Waals surface area contributed by atoms with Crippen molar-refractivity contribution in [3.63, 3.8) is 0 Å². The van der Waals surface area contributed by atoms with Gasteiger partial charge >= 0.3 is 0 Å². The van der Waals surface area contributed by atoms with E-state index >= 15 is 0 Å². The largest absolute Gasteiger partial charge is 0.355 e. The third kappa shape index (κ3) is 5.47. The summed E-state index contributed by atoms with van der Waals surface area (Å²) in [6, 6.07) is 5.54. The molecule has 1 saturated heterocycles. The molecule has 2 N–H and O–H groups in total. The second-order valence-electron chi connectivity index (χ2n) is 7.50. The number of benzene rings is 1. The monoisotopic (exact) mass is 429 g/mol. The summed E-state index contributed by atoms with van der Waals surface area (Å²) < 4.78 is 27.4. The van der Waals surface area contributed by atoms with Crippen LogP contribution in [0.25, 0.3) is 0 Å². The number of aryl methyl sites for hydroxylation is 2. The Bertz CT molecular complexity index is 762. The summed E-state index contributed by atoms with van der Waals surface area (Å²) in [6.45, 7) is 5.26. The number of sulfonamides is 1. The third-order valence-electron chi connectivity index (χ3n) is 5.56. The topological polar surface area (TPSA) is 78.5 Å². The zero-order chi connectivity index (χ0) is 19.3. The highest BCUT2D eigenvalue weighted by Crippen LogP contribution is 2.28. The van der Waals surface area contributed by atoms with E-state index in [1.165, 1.54) is 15.4 Å². The lowest BCUT2D eigenvalue weighted by atomic mass is 9.97. The molecule has 8 heteroatoms. The highest BCUT2D eigenvalue weighted by molar-refractivity contribution is 7.89. The number of carbonyl (C=O) groups is 1. The fourth-order valence-electron chi connectivity index (χ4n) is 3.94. The maximum absolute atomic E-state index is 13.0. The lowest BCUT2D eigenvalue weighted by Gasteiger charge is -2.30. The molecule has 2 aliphatic rings. The second-order valence-corrected chi connectivity index (χ2v) is 9.44. The quantitative estimate of drug-likeness (QED) is 0.620. The van der Waals surface area contributed by atoms with Gasteiger partial charge in [-0.2, -0.15) is 4.31 Å². The van der Waals surface area contributed by atoms with Crippen molar-refractivity contribution in [1.29, 1.82) is 0 Å². The van der Waals surface area contributed by atoms with Crippen LogP contribution in [0.15, 0.2) is 23.1 Å². The number of halogens is 1. The summed E-state index contributed by atoms with van der Waals surface area (Å²) in [5.74, 6) is -0.0504. The molecule has 1 fully saturated rings. The molecule has 1 heterocycles. The van der Waals surface area contributed by atoms with Crippen LogP contribution in [0, 0.1) is 5.92 Å². The number of piperidine rings is 1. The summed E-state index contributed by atoms with van der Waals surface area (Å²) in [6.07, 6.45) is 5.35. The molecule has 28 heavy (non-hydrogen) atoms. The summed E-state index contributed by atoms with van der Waals surface area (Å²) in [4.78, 5) is 12.7. The van der Waals surface area contributed by atoms with E-state index in [2.05, 4.69) is 17.6 Å². The van der Waals surface area contributed by atoms with E-state index in [-0.39, 0.29) is 24.2 Å². The number of hydrogen-bond acceptors (Lipinski definition) is 4. The molecule has 0 atom stereocenters. The van der Waals surface area contributed by atoms with Gasteiger partial charge in [-0.05, 0) is 68.3 Å². The predicted octanol–water partition coefficient (Wildman–Crippen LogP) is 2.11. The zero-order valence-corrected chi connectivity index (χ0v) is 18.2. The third-order valence-corrected chi connectivity index (χ3v) is 7.45. The van der Waals surface area contributed by atoms with Gasteiger partial charge in [0.1, 0.15) is 0 Å². The molecule has 1 aliphatic carbocycles. The molecule has 0 unspecified atom stereocenters. The number of nitrogens with zero attached hydrogens (tertiary/aromatic N) is 1. The van der Waals surface area contributed by atoms with Crippen LogP contribution in [0.2, 0.25) is 0 Å². The van der Waals surface area contributed by atoms with E-state index in [1.807, 2.05) is 12.1 Å². The van der Waals surface area contributed by atoms with Crippen molar-refractivity contribution in [2.45, 2.75) is 50.3 Å². The van der Waals surface area contributed by atoms with Gasteiger partial charge in [0.2, 0.25) is 15.9 Å². The van der Waals surface area contributed by atoms with Crippen LogP contribution < -0.4 is 10.6 Å². The van der Waals surface area contributed by atoms with Gasteiger partial charge < -0.3 is 10.6 Å². The van der Waals surface area contributed by atoms with Crippen LogP contribution in [0.3, 0.4) is 0 Å². The zero-order valence-electron chi connectivity index (χ0n) is 16.6. The molecule has 0 saturated carbocycles. The molecule has 3 rings (SSSR count). The summed E-state index contributed by atoms with van der Waals surface area (Å²) in [5, 5.41) is 6.21. The number of fused-ring (bicyclic) bond motifs is 1. The summed E-state index contributed by atoms with van der Waals surface area (Å²) >= 11 is 0. The average Bonchev–Trinajstić information content (AvgIpc) is 3.15. The molecular weight excluding hydrogens is 398 g/mol. The normalized spacial score (nSPS) is 17.8. The molecule has 0 bridgehead atoms. The minimum Gasteiger partial charge on any atom is -0.355 e. The summed E-state index contributed by atoms with van der Waals surface area (Å²) in [5.41, 5.74) is 2.44. The second kappa shape index (κ2) is 10.6. The van der Waals surface area contributed by atoms with Crippen LogP contribution in [-0.4, -0.2) is 51.4 Å². The number of rotatable bonds is 8. The Kier molecular flexibility index (Phi) is 8.74. The summed E-state index contributed by atoms with van der Waals surface area (Å²) in [7, 11) is -3.47. The van der Waals surface area contributed by atoms with Crippen LogP contribution in [0.4, 0.5) is 0 Å². The maximum Gasteiger partial charge on any atom is 0.243 e. The number of carbonyl (C=O) groups excluding carboxylic acids is 1. The lowest BCUT2D eigenvalue weighted by molar-refractivity contribution is -0.126. The fraction of sp³-hybridized carbons (Fsp3) is 0.650. The average molecular weight is 430 g/mol. The van der Waals surface area contributed by atoms with Crippen molar-refractivity contribution in [2.75, 3.05) is 32.7 Å². The SMILES string of the molecule is CCCNCCNC(=O)C1CCN(S(=O)(=O)c2ccc3c(c2)CCC3)CC1.Cl. The Morgan fingerprint density at radius 1 is 1.11 bits per heavy atom. The molecule has 1 aromatic rings. The number of hydrogen-bond donors (Lipinski definition) is 2. The fourth-order valence-corrected chi connectivity index (χ4v) is 5.46. The first-order valence-corrected chi connectivity index (χ1v) is 11.6. The highest BCUT2D eigenvalue weighted by Gasteiger charge is 2.32. The Morgan fingerprint density at radius 3 is 2.54 bits per heavy atom. The van der Waals surface area contributed by atoms with Crippen molar-refractivity contribution in [1.82, 2.24) is 14.9 Å². The Morgan fingerprint density at radius 2 is 1.82 bits per heavy atom. The van der Waals surface area contributed by atoms with E-state index < -0.39 is 10.0 Å². The maximum atomic E-state index is 13.0. The van der Waals surface area contributed by atoms with E-state index in [0.29, 0.717) is 37.4 Å². The van der Waals surface area contributed by atoms with E-state index in [9.17, 15) is 13.2 Å². The van der Waals surface area contributed by atoms with Gasteiger partial charge in [-0.1, -0.05) is 13.0 Å². The molecule has 1 amide bonds. The Balaban J connectivity index is 0.00000280. The highest BCUT2D eigenvalue weighted by atomic mass is 35.5. The standard InChI is InChI=1S/C20H31N3O3S.ClH/c1-2-10-21-11-12-22-20(24)17-8-13-23(14-9-17)27(25,26)19-7-6-16-4-3-5-18(16)15-19;/h6-7,15,17,21H,2-5,8-14H2,1H3,(H,22,24);1H. The van der Waals surface area contributed by atoms with Gasteiger partial charge in [0, 0.05) is 32.1 Å². The van der Waals surface area contributed by atoms with Crippen molar-refractivity contribution in [3.05, 3.63) is 29.3 Å². The van der Waals surface area contributed by atoms with Crippen LogP contribution in [0.5, 0.6) is 0 Å². The van der Waals surface area contributed by atoms with E-state index in [1.54, 1.807) is 6.07 Å². The smallest absolute Gasteiger partial charge is 0.243 e. The van der Waals surface area contributed by atoms with Gasteiger partial charge in [0.25, 0.3) is 0 Å².